The molecule has 0 N–H and O–H groups in total. The van der Waals surface area contributed by atoms with E-state index in [4.69, 9.17) is 9.47 Å². The van der Waals surface area contributed by atoms with Crippen LogP contribution in [0.15, 0.2) is 6.07 Å². The zero-order chi connectivity index (χ0) is 20.5. The molecule has 0 aromatic heterocycles. The normalized spacial score (nSPS) is 16.9. The summed E-state index contributed by atoms with van der Waals surface area (Å²) in [6.07, 6.45) is 3.29. The Labute approximate surface area is 167 Å². The lowest BCUT2D eigenvalue weighted by Gasteiger charge is -2.33. The van der Waals surface area contributed by atoms with Gasteiger partial charge in [-0.2, -0.15) is 0 Å². The molecule has 2 aliphatic rings. The minimum Gasteiger partial charge on any atom is -0.444 e. The monoisotopic (exact) mass is 388 g/mol. The number of methoxy groups -OCH3 is 1. The molecular formula is C22H32N2O4. The number of ether oxygens (including phenoxy) is 2. The molecule has 0 spiro atoms. The van der Waals surface area contributed by atoms with Gasteiger partial charge in [-0.25, -0.2) is 4.79 Å². The molecule has 0 saturated heterocycles. The van der Waals surface area contributed by atoms with E-state index in [1.807, 2.05) is 25.7 Å². The van der Waals surface area contributed by atoms with Crippen LogP contribution in [0.4, 0.5) is 10.5 Å². The number of anilines is 1. The molecule has 6 heteroatoms. The number of rotatable bonds is 2. The molecule has 1 aromatic rings. The molecule has 3 rings (SSSR count). The van der Waals surface area contributed by atoms with Gasteiger partial charge in [0.25, 0.3) is 5.91 Å². The zero-order valence-electron chi connectivity index (χ0n) is 17.8. The molecule has 2 amide bonds. The smallest absolute Gasteiger partial charge is 0.410 e. The van der Waals surface area contributed by atoms with Gasteiger partial charge in [0.1, 0.15) is 12.2 Å². The van der Waals surface area contributed by atoms with Crippen LogP contribution in [0.25, 0.3) is 0 Å². The summed E-state index contributed by atoms with van der Waals surface area (Å²) < 4.78 is 10.6. The van der Waals surface area contributed by atoms with Gasteiger partial charge in [0.05, 0.1) is 5.69 Å². The predicted molar refractivity (Wildman–Crippen MR) is 109 cm³/mol. The Morgan fingerprint density at radius 2 is 1.79 bits per heavy atom. The van der Waals surface area contributed by atoms with Crippen LogP contribution in [0.3, 0.4) is 0 Å². The SMILES string of the molecule is COCC(=O)N1CCCc2cc3c(c(C)c21)CCN(C(=O)OC(C)(C)C)CC3. The summed E-state index contributed by atoms with van der Waals surface area (Å²) >= 11 is 0. The summed E-state index contributed by atoms with van der Waals surface area (Å²) in [5, 5.41) is 0. The minimum atomic E-state index is -0.493. The van der Waals surface area contributed by atoms with E-state index in [0.717, 1.165) is 37.9 Å². The quantitative estimate of drug-likeness (QED) is 0.780. The largest absolute Gasteiger partial charge is 0.444 e. The van der Waals surface area contributed by atoms with Crippen molar-refractivity contribution < 1.29 is 19.1 Å². The second kappa shape index (κ2) is 8.11. The van der Waals surface area contributed by atoms with E-state index < -0.39 is 5.60 Å². The number of fused-ring (bicyclic) bond motifs is 2. The third-order valence-electron chi connectivity index (χ3n) is 5.45. The van der Waals surface area contributed by atoms with Crippen molar-refractivity contribution in [3.8, 4) is 0 Å². The maximum absolute atomic E-state index is 12.6. The third-order valence-corrected chi connectivity index (χ3v) is 5.45. The second-order valence-corrected chi connectivity index (χ2v) is 8.70. The van der Waals surface area contributed by atoms with Gasteiger partial charge in [-0.1, -0.05) is 6.07 Å². The Morgan fingerprint density at radius 1 is 1.07 bits per heavy atom. The van der Waals surface area contributed by atoms with Crippen LogP contribution in [0.2, 0.25) is 0 Å². The topological polar surface area (TPSA) is 59.1 Å². The molecule has 2 aliphatic heterocycles. The van der Waals surface area contributed by atoms with Crippen molar-refractivity contribution in [2.45, 2.75) is 59.0 Å². The number of amides is 2. The molecule has 28 heavy (non-hydrogen) atoms. The van der Waals surface area contributed by atoms with E-state index in [2.05, 4.69) is 13.0 Å². The van der Waals surface area contributed by atoms with Crippen LogP contribution in [0.1, 0.15) is 49.4 Å². The van der Waals surface area contributed by atoms with E-state index in [1.54, 1.807) is 12.0 Å². The number of carbonyl (C=O) groups excluding carboxylic acids is 2. The highest BCUT2D eigenvalue weighted by Crippen LogP contribution is 2.36. The Morgan fingerprint density at radius 3 is 2.46 bits per heavy atom. The van der Waals surface area contributed by atoms with Crippen molar-refractivity contribution in [2.75, 3.05) is 38.3 Å². The fourth-order valence-electron chi connectivity index (χ4n) is 4.24. The van der Waals surface area contributed by atoms with E-state index in [1.165, 1.54) is 22.3 Å². The number of aryl methyl sites for hydroxylation is 1. The van der Waals surface area contributed by atoms with Crippen molar-refractivity contribution in [1.82, 2.24) is 4.90 Å². The molecule has 0 fully saturated rings. The van der Waals surface area contributed by atoms with Crippen LogP contribution < -0.4 is 4.90 Å². The van der Waals surface area contributed by atoms with Gasteiger partial charge in [-0.3, -0.25) is 4.79 Å². The first-order valence-electron chi connectivity index (χ1n) is 10.1. The lowest BCUT2D eigenvalue weighted by molar-refractivity contribution is -0.122. The molecule has 1 aromatic carbocycles. The number of benzene rings is 1. The van der Waals surface area contributed by atoms with Gasteiger partial charge in [-0.15, -0.1) is 0 Å². The van der Waals surface area contributed by atoms with Crippen molar-refractivity contribution in [1.29, 1.82) is 0 Å². The van der Waals surface area contributed by atoms with Gasteiger partial charge >= 0.3 is 6.09 Å². The van der Waals surface area contributed by atoms with Crippen molar-refractivity contribution in [2.24, 2.45) is 0 Å². The molecule has 0 atom stereocenters. The Hall–Kier alpha value is -2.08. The molecule has 2 heterocycles. The maximum Gasteiger partial charge on any atom is 0.410 e. The highest BCUT2D eigenvalue weighted by Gasteiger charge is 2.29. The van der Waals surface area contributed by atoms with Crippen LogP contribution in [-0.2, 0) is 33.5 Å². The molecule has 0 radical (unpaired) electrons. The molecule has 0 unspecified atom stereocenters. The number of hydrogen-bond acceptors (Lipinski definition) is 4. The van der Waals surface area contributed by atoms with Gasteiger partial charge < -0.3 is 19.3 Å². The summed E-state index contributed by atoms with van der Waals surface area (Å²) in [5.74, 6) is 0.00973. The zero-order valence-corrected chi connectivity index (χ0v) is 17.8. The van der Waals surface area contributed by atoms with Gasteiger partial charge in [0.15, 0.2) is 0 Å². The van der Waals surface area contributed by atoms with Crippen molar-refractivity contribution >= 4 is 17.7 Å². The first-order valence-corrected chi connectivity index (χ1v) is 10.1. The van der Waals surface area contributed by atoms with Crippen molar-refractivity contribution in [3.63, 3.8) is 0 Å². The highest BCUT2D eigenvalue weighted by atomic mass is 16.6. The summed E-state index contributed by atoms with van der Waals surface area (Å²) in [6, 6.07) is 2.25. The summed E-state index contributed by atoms with van der Waals surface area (Å²) in [4.78, 5) is 28.8. The lowest BCUT2D eigenvalue weighted by Crippen LogP contribution is -2.38. The average Bonchev–Trinajstić information content (AvgIpc) is 2.83. The summed E-state index contributed by atoms with van der Waals surface area (Å²) in [5.41, 5.74) is 5.52. The van der Waals surface area contributed by atoms with E-state index in [-0.39, 0.29) is 18.6 Å². The number of carbonyl (C=O) groups is 2. The molecule has 0 bridgehead atoms. The standard InChI is InChI=1S/C22H32N2O4/c1-15-18-9-12-23(21(26)28-22(2,3)4)11-8-16(18)13-17-7-6-10-24(20(15)17)19(25)14-27-5/h13H,6-12,14H2,1-5H3. The number of hydrogen-bond donors (Lipinski definition) is 0. The highest BCUT2D eigenvalue weighted by molar-refractivity contribution is 5.96. The first-order chi connectivity index (χ1) is 13.2. The molecular weight excluding hydrogens is 356 g/mol. The van der Waals surface area contributed by atoms with Gasteiger partial charge in [-0.05, 0) is 75.6 Å². The fraction of sp³-hybridized carbons (Fsp3) is 0.636. The van der Waals surface area contributed by atoms with Crippen LogP contribution in [-0.4, -0.2) is 55.9 Å². The molecule has 0 saturated carbocycles. The first kappa shape index (κ1) is 20.6. The van der Waals surface area contributed by atoms with Crippen LogP contribution >= 0.6 is 0 Å². The minimum absolute atomic E-state index is 0.00973. The lowest BCUT2D eigenvalue weighted by atomic mass is 9.89. The van der Waals surface area contributed by atoms with Crippen LogP contribution in [0.5, 0.6) is 0 Å². The fourth-order valence-corrected chi connectivity index (χ4v) is 4.24. The third kappa shape index (κ3) is 4.32. The Kier molecular flexibility index (Phi) is 5.98. The van der Waals surface area contributed by atoms with Gasteiger partial charge in [0.2, 0.25) is 0 Å². The van der Waals surface area contributed by atoms with E-state index >= 15 is 0 Å². The summed E-state index contributed by atoms with van der Waals surface area (Å²) in [7, 11) is 1.55. The van der Waals surface area contributed by atoms with E-state index in [9.17, 15) is 9.59 Å². The second-order valence-electron chi connectivity index (χ2n) is 8.70. The maximum atomic E-state index is 12.6. The predicted octanol–water partition coefficient (Wildman–Crippen LogP) is 3.26. The Bertz CT molecular complexity index is 767. The molecule has 0 aliphatic carbocycles. The van der Waals surface area contributed by atoms with Gasteiger partial charge in [0, 0.05) is 26.7 Å². The van der Waals surface area contributed by atoms with Crippen molar-refractivity contribution in [3.05, 3.63) is 28.3 Å². The molecule has 154 valence electrons. The summed E-state index contributed by atoms with van der Waals surface area (Å²) in [6.45, 7) is 9.91. The number of nitrogens with zero attached hydrogens (tertiary/aromatic N) is 2. The Balaban J connectivity index is 1.87. The van der Waals surface area contributed by atoms with E-state index in [0.29, 0.717) is 13.1 Å². The van der Waals surface area contributed by atoms with Crippen LogP contribution in [0, 0.1) is 6.92 Å². The molecule has 6 nitrogen and oxygen atoms in total. The average molecular weight is 389 g/mol.